The Morgan fingerprint density at radius 3 is 2.83 bits per heavy atom. The lowest BCUT2D eigenvalue weighted by Crippen LogP contribution is -2.31. The molecule has 1 saturated heterocycles. The minimum absolute atomic E-state index is 0.381. The lowest BCUT2D eigenvalue weighted by molar-refractivity contribution is 0.0957. The number of aryl methyl sites for hydroxylation is 1. The van der Waals surface area contributed by atoms with Gasteiger partial charge in [-0.2, -0.15) is 0 Å². The molecule has 0 bridgehead atoms. The highest BCUT2D eigenvalue weighted by Gasteiger charge is 2.33. The van der Waals surface area contributed by atoms with Crippen molar-refractivity contribution in [3.63, 3.8) is 0 Å². The van der Waals surface area contributed by atoms with Crippen molar-refractivity contribution in [3.05, 3.63) is 21.9 Å². The van der Waals surface area contributed by atoms with Crippen LogP contribution in [-0.2, 0) is 11.2 Å². The average molecular weight is 267 g/mol. The first kappa shape index (κ1) is 14.0. The summed E-state index contributed by atoms with van der Waals surface area (Å²) >= 11 is 1.96. The van der Waals surface area contributed by atoms with E-state index in [-0.39, 0.29) is 0 Å². The summed E-state index contributed by atoms with van der Waals surface area (Å²) in [5.74, 6) is 0.625. The molecule has 0 radical (unpaired) electrons. The Hall–Kier alpha value is -0.380. The molecule has 1 aliphatic rings. The topological polar surface area (TPSA) is 21.3 Å². The zero-order valence-electron chi connectivity index (χ0n) is 11.7. The van der Waals surface area contributed by atoms with Crippen LogP contribution in [0, 0.1) is 5.92 Å². The number of hydrogen-bond donors (Lipinski definition) is 1. The lowest BCUT2D eigenvalue weighted by Gasteiger charge is -2.26. The quantitative estimate of drug-likeness (QED) is 0.847. The largest absolute Gasteiger partial charge is 0.378 e. The molecule has 1 fully saturated rings. The van der Waals surface area contributed by atoms with Crippen LogP contribution in [0.15, 0.2) is 12.1 Å². The summed E-state index contributed by atoms with van der Waals surface area (Å²) in [6.45, 7) is 8.68. The molecular formula is C15H25NOS. The van der Waals surface area contributed by atoms with Gasteiger partial charge in [-0.25, -0.2) is 0 Å². The summed E-state index contributed by atoms with van der Waals surface area (Å²) in [5, 5.41) is 3.73. The first-order valence-electron chi connectivity index (χ1n) is 7.19. The molecule has 1 aromatic heterocycles. The fourth-order valence-electron chi connectivity index (χ4n) is 2.70. The van der Waals surface area contributed by atoms with Gasteiger partial charge in [-0.05, 0) is 44.9 Å². The molecule has 0 amide bonds. The van der Waals surface area contributed by atoms with Crippen molar-refractivity contribution < 1.29 is 4.74 Å². The first-order chi connectivity index (χ1) is 8.76. The van der Waals surface area contributed by atoms with Gasteiger partial charge in [0.2, 0.25) is 0 Å². The van der Waals surface area contributed by atoms with Gasteiger partial charge >= 0.3 is 0 Å². The van der Waals surface area contributed by atoms with Crippen LogP contribution in [0.4, 0.5) is 0 Å². The number of ether oxygens (including phenoxy) is 1. The van der Waals surface area contributed by atoms with E-state index in [4.69, 9.17) is 4.74 Å². The molecule has 0 aromatic carbocycles. The van der Waals surface area contributed by atoms with E-state index >= 15 is 0 Å². The van der Waals surface area contributed by atoms with Crippen molar-refractivity contribution in [1.29, 1.82) is 0 Å². The minimum Gasteiger partial charge on any atom is -0.378 e. The van der Waals surface area contributed by atoms with Gasteiger partial charge < -0.3 is 10.1 Å². The van der Waals surface area contributed by atoms with Gasteiger partial charge in [0.1, 0.15) is 0 Å². The van der Waals surface area contributed by atoms with Crippen molar-refractivity contribution in [2.24, 2.45) is 5.92 Å². The molecule has 2 rings (SSSR count). The standard InChI is InChI=1S/C15H25NOS/c1-4-9-16-15(13-8-10-17-11(13)3)14-7-6-12(5-2)18-14/h6-7,11,13,15-16H,4-5,8-10H2,1-3H3. The zero-order chi connectivity index (χ0) is 13.0. The maximum absolute atomic E-state index is 5.75. The van der Waals surface area contributed by atoms with E-state index in [2.05, 4.69) is 38.2 Å². The fourth-order valence-corrected chi connectivity index (χ4v) is 3.80. The van der Waals surface area contributed by atoms with Crippen LogP contribution in [0.5, 0.6) is 0 Å². The molecule has 1 aliphatic heterocycles. The summed E-state index contributed by atoms with van der Waals surface area (Å²) < 4.78 is 5.75. The van der Waals surface area contributed by atoms with E-state index < -0.39 is 0 Å². The molecule has 2 heterocycles. The monoisotopic (exact) mass is 267 g/mol. The summed E-state index contributed by atoms with van der Waals surface area (Å²) in [6.07, 6.45) is 3.89. The first-order valence-corrected chi connectivity index (χ1v) is 8.01. The second-order valence-corrected chi connectivity index (χ2v) is 6.32. The molecule has 3 atom stereocenters. The van der Waals surface area contributed by atoms with Crippen LogP contribution in [0.1, 0.15) is 49.4 Å². The Bertz CT molecular complexity index is 363. The molecule has 18 heavy (non-hydrogen) atoms. The van der Waals surface area contributed by atoms with Gasteiger partial charge in [0.15, 0.2) is 0 Å². The van der Waals surface area contributed by atoms with Crippen LogP contribution in [0.25, 0.3) is 0 Å². The van der Waals surface area contributed by atoms with E-state index in [9.17, 15) is 0 Å². The van der Waals surface area contributed by atoms with Gasteiger partial charge in [0, 0.05) is 28.3 Å². The van der Waals surface area contributed by atoms with E-state index in [0.717, 1.165) is 19.6 Å². The van der Waals surface area contributed by atoms with Gasteiger partial charge in [-0.15, -0.1) is 11.3 Å². The Kier molecular flexibility index (Phi) is 5.22. The van der Waals surface area contributed by atoms with Crippen molar-refractivity contribution in [3.8, 4) is 0 Å². The highest BCUT2D eigenvalue weighted by Crippen LogP contribution is 2.36. The lowest BCUT2D eigenvalue weighted by atomic mass is 9.92. The fraction of sp³-hybridized carbons (Fsp3) is 0.733. The van der Waals surface area contributed by atoms with Crippen LogP contribution in [0.3, 0.4) is 0 Å². The molecule has 0 spiro atoms. The van der Waals surface area contributed by atoms with Gasteiger partial charge in [-0.3, -0.25) is 0 Å². The molecule has 3 unspecified atom stereocenters. The minimum atomic E-state index is 0.381. The van der Waals surface area contributed by atoms with E-state index in [0.29, 0.717) is 18.1 Å². The smallest absolute Gasteiger partial charge is 0.0594 e. The summed E-state index contributed by atoms with van der Waals surface area (Å²) in [5.41, 5.74) is 0. The van der Waals surface area contributed by atoms with Gasteiger partial charge in [-0.1, -0.05) is 13.8 Å². The molecule has 1 aromatic rings. The second kappa shape index (κ2) is 6.69. The predicted octanol–water partition coefficient (Wildman–Crippen LogP) is 3.78. The van der Waals surface area contributed by atoms with Crippen LogP contribution >= 0.6 is 11.3 Å². The van der Waals surface area contributed by atoms with Crippen molar-refractivity contribution in [1.82, 2.24) is 5.32 Å². The average Bonchev–Trinajstić information content (AvgIpc) is 3.00. The Balaban J connectivity index is 2.13. The van der Waals surface area contributed by atoms with Crippen LogP contribution in [-0.4, -0.2) is 19.3 Å². The molecule has 102 valence electrons. The summed E-state index contributed by atoms with van der Waals surface area (Å²) in [6, 6.07) is 5.07. The second-order valence-electron chi connectivity index (χ2n) is 5.12. The van der Waals surface area contributed by atoms with Gasteiger partial charge in [0.05, 0.1) is 6.10 Å². The van der Waals surface area contributed by atoms with Crippen LogP contribution < -0.4 is 5.32 Å². The van der Waals surface area contributed by atoms with Crippen LogP contribution in [0.2, 0.25) is 0 Å². The van der Waals surface area contributed by atoms with E-state index in [1.807, 2.05) is 11.3 Å². The predicted molar refractivity (Wildman–Crippen MR) is 78.3 cm³/mol. The highest BCUT2D eigenvalue weighted by atomic mass is 32.1. The van der Waals surface area contributed by atoms with Crippen molar-refractivity contribution in [2.45, 2.75) is 52.2 Å². The van der Waals surface area contributed by atoms with E-state index in [1.165, 1.54) is 22.6 Å². The molecular weight excluding hydrogens is 242 g/mol. The molecule has 3 heteroatoms. The molecule has 2 nitrogen and oxygen atoms in total. The third kappa shape index (κ3) is 3.14. The van der Waals surface area contributed by atoms with Gasteiger partial charge in [0.25, 0.3) is 0 Å². The molecule has 0 saturated carbocycles. The van der Waals surface area contributed by atoms with E-state index in [1.54, 1.807) is 0 Å². The summed E-state index contributed by atoms with van der Waals surface area (Å²) in [7, 11) is 0. The third-order valence-corrected chi connectivity index (χ3v) is 5.13. The molecule has 0 aliphatic carbocycles. The number of hydrogen-bond acceptors (Lipinski definition) is 3. The Labute approximate surface area is 115 Å². The van der Waals surface area contributed by atoms with Crippen molar-refractivity contribution >= 4 is 11.3 Å². The maximum atomic E-state index is 5.75. The zero-order valence-corrected chi connectivity index (χ0v) is 12.6. The molecule has 1 N–H and O–H groups in total. The number of rotatable bonds is 6. The third-order valence-electron chi connectivity index (χ3n) is 3.81. The highest BCUT2D eigenvalue weighted by molar-refractivity contribution is 7.12. The SMILES string of the molecule is CCCNC(c1ccc(CC)s1)C1CCOC1C. The normalized spacial score (nSPS) is 25.5. The maximum Gasteiger partial charge on any atom is 0.0594 e. The Morgan fingerprint density at radius 1 is 1.44 bits per heavy atom. The Morgan fingerprint density at radius 2 is 2.28 bits per heavy atom. The van der Waals surface area contributed by atoms with Crippen molar-refractivity contribution in [2.75, 3.05) is 13.2 Å². The number of thiophene rings is 1. The number of nitrogens with one attached hydrogen (secondary N) is 1. The summed E-state index contributed by atoms with van der Waals surface area (Å²) in [4.78, 5) is 2.97.